The second kappa shape index (κ2) is 50.9. The average molecular weight is 1060 g/mol. The number of hydrogen-bond acceptors (Lipinski definition) is 11. The van der Waals surface area contributed by atoms with Crippen LogP contribution >= 0.6 is 0 Å². The number of allylic oxidation sites excluding steroid dienone is 12. The molecule has 0 spiro atoms. The fourth-order valence-electron chi connectivity index (χ4n) is 8.64. The minimum absolute atomic E-state index is 0.0226. The van der Waals surface area contributed by atoms with Gasteiger partial charge in [0.15, 0.2) is 24.6 Å². The highest BCUT2D eigenvalue weighted by molar-refractivity contribution is 5.74. The number of aliphatic hydroxyl groups is 2. The highest BCUT2D eigenvalue weighted by Crippen LogP contribution is 2.26. The number of carbonyl (C=O) groups is 4. The van der Waals surface area contributed by atoms with Crippen LogP contribution in [0.2, 0.25) is 0 Å². The van der Waals surface area contributed by atoms with Crippen LogP contribution in [-0.2, 0) is 42.9 Å². The third-order valence-electron chi connectivity index (χ3n) is 13.2. The van der Waals surface area contributed by atoms with Crippen molar-refractivity contribution in [3.63, 3.8) is 0 Å². The van der Waals surface area contributed by atoms with Crippen molar-refractivity contribution in [1.29, 1.82) is 0 Å². The van der Waals surface area contributed by atoms with Crippen LogP contribution in [0.4, 0.5) is 0 Å². The second-order valence-electron chi connectivity index (χ2n) is 20.2. The van der Waals surface area contributed by atoms with E-state index in [2.05, 4.69) is 93.7 Å². The molecule has 0 aromatic carbocycles. The molecule has 1 heterocycles. The lowest BCUT2D eigenvalue weighted by Gasteiger charge is -2.40. The fraction of sp³-hybridized carbons (Fsp3) is 0.746. The van der Waals surface area contributed by atoms with E-state index in [1.807, 2.05) is 0 Å². The first-order chi connectivity index (χ1) is 36.6. The normalized spacial score (nSPS) is 18.7. The lowest BCUT2D eigenvalue weighted by molar-refractivity contribution is -0.301. The molecule has 1 aliphatic heterocycles. The van der Waals surface area contributed by atoms with Gasteiger partial charge >= 0.3 is 23.9 Å². The molecule has 430 valence electrons. The van der Waals surface area contributed by atoms with Crippen molar-refractivity contribution >= 4 is 23.9 Å². The van der Waals surface area contributed by atoms with Gasteiger partial charge in [-0.2, -0.15) is 0 Å². The van der Waals surface area contributed by atoms with Gasteiger partial charge in [0.05, 0.1) is 6.61 Å². The van der Waals surface area contributed by atoms with E-state index in [0.717, 1.165) is 109 Å². The second-order valence-corrected chi connectivity index (χ2v) is 20.2. The SMILES string of the molecule is CC/C=C\C/C=C\C/C=C\CCCCCC(=O)OC1C(OCC(COC(=O)CCCCCCCCCCC/C=C\C/C=C\CCCCC)OC(=O)CCCCCCC/C=C\CCCCCC)OC(C(=O)O)C(O)C1O. The lowest BCUT2D eigenvalue weighted by atomic mass is 9.98. The predicted molar refractivity (Wildman–Crippen MR) is 303 cm³/mol. The molecule has 0 bridgehead atoms. The summed E-state index contributed by atoms with van der Waals surface area (Å²) in [5.41, 5.74) is 0. The smallest absolute Gasteiger partial charge is 0.335 e. The highest BCUT2D eigenvalue weighted by Gasteiger charge is 2.50. The van der Waals surface area contributed by atoms with Gasteiger partial charge in [-0.15, -0.1) is 0 Å². The van der Waals surface area contributed by atoms with Crippen molar-refractivity contribution in [2.24, 2.45) is 0 Å². The topological polar surface area (TPSA) is 175 Å². The van der Waals surface area contributed by atoms with E-state index in [0.29, 0.717) is 19.3 Å². The maximum Gasteiger partial charge on any atom is 0.335 e. The van der Waals surface area contributed by atoms with Gasteiger partial charge in [-0.1, -0.05) is 196 Å². The van der Waals surface area contributed by atoms with Crippen LogP contribution < -0.4 is 0 Å². The molecular weight excluding hydrogens is 949 g/mol. The Labute approximate surface area is 455 Å². The van der Waals surface area contributed by atoms with E-state index in [4.69, 9.17) is 23.7 Å². The van der Waals surface area contributed by atoms with Crippen LogP contribution in [-0.4, -0.2) is 89.2 Å². The maximum atomic E-state index is 13.1. The minimum Gasteiger partial charge on any atom is -0.479 e. The summed E-state index contributed by atoms with van der Waals surface area (Å²) in [6.45, 7) is 5.81. The summed E-state index contributed by atoms with van der Waals surface area (Å²) in [7, 11) is 0. The van der Waals surface area contributed by atoms with Crippen molar-refractivity contribution in [3.05, 3.63) is 72.9 Å². The highest BCUT2D eigenvalue weighted by atomic mass is 16.7. The summed E-state index contributed by atoms with van der Waals surface area (Å²) in [5.74, 6) is -3.17. The molecule has 12 heteroatoms. The van der Waals surface area contributed by atoms with E-state index < -0.39 is 67.3 Å². The van der Waals surface area contributed by atoms with Crippen LogP contribution in [0, 0.1) is 0 Å². The van der Waals surface area contributed by atoms with Crippen LogP contribution in [0.15, 0.2) is 72.9 Å². The Kier molecular flexibility index (Phi) is 47.0. The Bertz CT molecular complexity index is 1580. The van der Waals surface area contributed by atoms with Gasteiger partial charge in [-0.25, -0.2) is 4.79 Å². The number of rotatable bonds is 50. The quantitative estimate of drug-likeness (QED) is 0.0228. The number of carbonyl (C=O) groups excluding carboxylic acids is 3. The molecule has 0 aliphatic carbocycles. The van der Waals surface area contributed by atoms with Crippen LogP contribution in [0.25, 0.3) is 0 Å². The molecule has 0 aromatic rings. The number of aliphatic carboxylic acids is 1. The predicted octanol–water partition coefficient (Wildman–Crippen LogP) is 15.3. The molecule has 3 N–H and O–H groups in total. The van der Waals surface area contributed by atoms with Gasteiger partial charge in [-0.3, -0.25) is 14.4 Å². The molecule has 0 saturated carbocycles. The van der Waals surface area contributed by atoms with Crippen LogP contribution in [0.1, 0.15) is 252 Å². The molecule has 0 radical (unpaired) electrons. The van der Waals surface area contributed by atoms with Crippen molar-refractivity contribution < 1.29 is 58.2 Å². The molecule has 12 nitrogen and oxygen atoms in total. The molecule has 1 aliphatic rings. The zero-order chi connectivity index (χ0) is 54.7. The number of aliphatic hydroxyl groups excluding tert-OH is 2. The van der Waals surface area contributed by atoms with Crippen molar-refractivity contribution in [2.75, 3.05) is 13.2 Å². The zero-order valence-electron chi connectivity index (χ0n) is 47.3. The molecular formula is C63H106O12. The van der Waals surface area contributed by atoms with Crippen molar-refractivity contribution in [1.82, 2.24) is 0 Å². The number of carboxylic acid groups (broad SMARTS) is 1. The summed E-state index contributed by atoms with van der Waals surface area (Å²) >= 11 is 0. The summed E-state index contributed by atoms with van der Waals surface area (Å²) in [6, 6.07) is 0. The first-order valence-corrected chi connectivity index (χ1v) is 29.9. The zero-order valence-corrected chi connectivity index (χ0v) is 47.3. The Morgan fingerprint density at radius 1 is 0.453 bits per heavy atom. The maximum absolute atomic E-state index is 13.1. The summed E-state index contributed by atoms with van der Waals surface area (Å²) < 4.78 is 28.4. The monoisotopic (exact) mass is 1050 g/mol. The number of unbranched alkanes of at least 4 members (excludes halogenated alkanes) is 24. The molecule has 0 amide bonds. The standard InChI is InChI=1S/C63H106O12/c1-4-7-10-13-16-19-22-25-26-27-28-29-30-33-34-37-40-43-46-49-55(64)71-52-54(73-56(65)50-47-44-41-38-35-31-23-20-17-14-11-8-5-2)53-72-63-61(59(68)58(67)60(75-63)62(69)70)74-57(66)51-48-45-42-39-36-32-24-21-18-15-12-9-6-3/h9,12,16,18-21,23,25-26,32,36,54,58-61,63,67-68H,4-8,10-11,13-15,17,22,24,27-31,33-35,37-53H2,1-3H3,(H,69,70)/b12-9-,19-16-,21-18-,23-20-,26-25-,36-32-. The van der Waals surface area contributed by atoms with Crippen LogP contribution in [0.3, 0.4) is 0 Å². The average Bonchev–Trinajstić information content (AvgIpc) is 3.39. The number of hydrogen-bond donors (Lipinski definition) is 3. The Morgan fingerprint density at radius 3 is 1.33 bits per heavy atom. The first kappa shape index (κ1) is 69.2. The van der Waals surface area contributed by atoms with Gasteiger partial charge in [0.25, 0.3) is 0 Å². The largest absolute Gasteiger partial charge is 0.479 e. The Morgan fingerprint density at radius 2 is 0.840 bits per heavy atom. The van der Waals surface area contributed by atoms with Crippen molar-refractivity contribution in [3.8, 4) is 0 Å². The summed E-state index contributed by atoms with van der Waals surface area (Å²) in [6.07, 6.45) is 51.6. The molecule has 6 atom stereocenters. The lowest BCUT2D eigenvalue weighted by Crippen LogP contribution is -2.61. The van der Waals surface area contributed by atoms with E-state index in [9.17, 15) is 34.5 Å². The first-order valence-electron chi connectivity index (χ1n) is 29.9. The van der Waals surface area contributed by atoms with Gasteiger partial charge < -0.3 is 39.0 Å². The minimum atomic E-state index is -1.92. The number of esters is 3. The van der Waals surface area contributed by atoms with Crippen molar-refractivity contribution in [2.45, 2.75) is 289 Å². The summed E-state index contributed by atoms with van der Waals surface area (Å²) in [4.78, 5) is 51.1. The van der Waals surface area contributed by atoms with Gasteiger partial charge in [0, 0.05) is 19.3 Å². The molecule has 0 aromatic heterocycles. The molecule has 6 unspecified atom stereocenters. The van der Waals surface area contributed by atoms with Crippen LogP contribution in [0.5, 0.6) is 0 Å². The summed E-state index contributed by atoms with van der Waals surface area (Å²) in [5, 5.41) is 31.4. The molecule has 1 fully saturated rings. The fourth-order valence-corrected chi connectivity index (χ4v) is 8.64. The van der Waals surface area contributed by atoms with Gasteiger partial charge in [0.1, 0.15) is 18.8 Å². The molecule has 1 saturated heterocycles. The van der Waals surface area contributed by atoms with E-state index in [1.165, 1.54) is 83.5 Å². The van der Waals surface area contributed by atoms with Gasteiger partial charge in [0.2, 0.25) is 0 Å². The Hall–Kier alpha value is -3.84. The number of carboxylic acids is 1. The Balaban J connectivity index is 2.68. The number of ether oxygens (including phenoxy) is 5. The molecule has 75 heavy (non-hydrogen) atoms. The third kappa shape index (κ3) is 41.0. The van der Waals surface area contributed by atoms with E-state index in [1.54, 1.807) is 0 Å². The van der Waals surface area contributed by atoms with E-state index >= 15 is 0 Å². The molecule has 1 rings (SSSR count). The van der Waals surface area contributed by atoms with E-state index in [-0.39, 0.29) is 25.9 Å². The third-order valence-corrected chi connectivity index (χ3v) is 13.2. The van der Waals surface area contributed by atoms with Gasteiger partial charge in [-0.05, 0) is 109 Å².